The molecule has 0 aliphatic heterocycles. The summed E-state index contributed by atoms with van der Waals surface area (Å²) < 4.78 is 11.3. The molecule has 0 saturated carbocycles. The predicted molar refractivity (Wildman–Crippen MR) is 66.0 cm³/mol. The first kappa shape index (κ1) is 13.3. The van der Waals surface area contributed by atoms with Crippen LogP contribution in [0.3, 0.4) is 0 Å². The number of rotatable bonds is 4. The minimum atomic E-state index is -0.740. The zero-order valence-corrected chi connectivity index (χ0v) is 11.2. The summed E-state index contributed by atoms with van der Waals surface area (Å²) in [5, 5.41) is 9.79. The van der Waals surface area contributed by atoms with Crippen LogP contribution >= 0.6 is 15.9 Å². The number of hydrogen-bond acceptors (Lipinski definition) is 4. The van der Waals surface area contributed by atoms with Gasteiger partial charge in [0.1, 0.15) is 11.5 Å². The van der Waals surface area contributed by atoms with E-state index in [-0.39, 0.29) is 6.54 Å². The summed E-state index contributed by atoms with van der Waals surface area (Å²) in [4.78, 5) is 0. The highest BCUT2D eigenvalue weighted by molar-refractivity contribution is 9.10. The lowest BCUT2D eigenvalue weighted by Gasteiger charge is -2.18. The van der Waals surface area contributed by atoms with E-state index in [1.807, 2.05) is 6.92 Å². The van der Waals surface area contributed by atoms with Gasteiger partial charge in [0.2, 0.25) is 0 Å². The molecule has 0 radical (unpaired) electrons. The first-order valence-electron chi connectivity index (χ1n) is 4.85. The van der Waals surface area contributed by atoms with E-state index in [1.165, 1.54) is 0 Å². The lowest BCUT2D eigenvalue weighted by Crippen LogP contribution is -2.13. The molecule has 90 valence electrons. The van der Waals surface area contributed by atoms with E-state index in [2.05, 4.69) is 15.9 Å². The molecule has 1 unspecified atom stereocenters. The molecule has 0 fully saturated rings. The minimum Gasteiger partial charge on any atom is -0.496 e. The number of hydrogen-bond donors (Lipinski definition) is 2. The number of aliphatic hydroxyl groups is 1. The molecule has 0 spiro atoms. The highest BCUT2D eigenvalue weighted by atomic mass is 79.9. The highest BCUT2D eigenvalue weighted by Gasteiger charge is 2.19. The molecule has 16 heavy (non-hydrogen) atoms. The van der Waals surface area contributed by atoms with Crippen molar-refractivity contribution in [2.45, 2.75) is 13.0 Å². The Bertz CT molecular complexity index is 382. The average molecular weight is 290 g/mol. The third kappa shape index (κ3) is 2.31. The fourth-order valence-electron chi connectivity index (χ4n) is 1.66. The normalized spacial score (nSPS) is 12.4. The summed E-state index contributed by atoms with van der Waals surface area (Å²) in [7, 11) is 3.15. The summed E-state index contributed by atoms with van der Waals surface area (Å²) in [6.07, 6.45) is -0.740. The van der Waals surface area contributed by atoms with E-state index < -0.39 is 6.10 Å². The zero-order valence-electron chi connectivity index (χ0n) is 9.58. The molecule has 3 N–H and O–H groups in total. The first-order valence-corrected chi connectivity index (χ1v) is 5.65. The quantitative estimate of drug-likeness (QED) is 0.887. The molecule has 0 heterocycles. The van der Waals surface area contributed by atoms with Crippen LogP contribution in [0.4, 0.5) is 0 Å². The van der Waals surface area contributed by atoms with Crippen molar-refractivity contribution in [2.75, 3.05) is 20.8 Å². The predicted octanol–water partition coefficient (Wildman–Crippen LogP) is 1.77. The number of aliphatic hydroxyl groups excluding tert-OH is 1. The van der Waals surface area contributed by atoms with Gasteiger partial charge in [-0.2, -0.15) is 0 Å². The molecule has 5 heteroatoms. The van der Waals surface area contributed by atoms with Gasteiger partial charge in [-0.25, -0.2) is 0 Å². The maximum absolute atomic E-state index is 9.79. The van der Waals surface area contributed by atoms with E-state index in [0.29, 0.717) is 17.1 Å². The SMILES string of the molecule is COc1c(Br)cc(C(O)CN)c(OC)c1C. The monoisotopic (exact) mass is 289 g/mol. The van der Waals surface area contributed by atoms with Gasteiger partial charge in [0.25, 0.3) is 0 Å². The highest BCUT2D eigenvalue weighted by Crippen LogP contribution is 2.40. The molecule has 1 atom stereocenters. The van der Waals surface area contributed by atoms with Crippen LogP contribution in [0.5, 0.6) is 11.5 Å². The van der Waals surface area contributed by atoms with Crippen LogP contribution in [0.25, 0.3) is 0 Å². The Kier molecular flexibility index (Phi) is 4.58. The van der Waals surface area contributed by atoms with E-state index in [1.54, 1.807) is 20.3 Å². The lowest BCUT2D eigenvalue weighted by molar-refractivity contribution is 0.181. The van der Waals surface area contributed by atoms with Crippen LogP contribution in [-0.2, 0) is 0 Å². The Labute approximate surface area is 103 Å². The molecule has 1 aromatic rings. The molecule has 0 aromatic heterocycles. The number of benzene rings is 1. The first-order chi connectivity index (χ1) is 7.56. The van der Waals surface area contributed by atoms with E-state index in [0.717, 1.165) is 10.0 Å². The van der Waals surface area contributed by atoms with Crippen LogP contribution in [0.15, 0.2) is 10.5 Å². The second kappa shape index (κ2) is 5.52. The van der Waals surface area contributed by atoms with Crippen molar-refractivity contribution in [3.63, 3.8) is 0 Å². The molecular weight excluding hydrogens is 274 g/mol. The molecule has 0 bridgehead atoms. The summed E-state index contributed by atoms with van der Waals surface area (Å²) in [6.45, 7) is 2.02. The maximum atomic E-state index is 9.79. The Hall–Kier alpha value is -0.780. The van der Waals surface area contributed by atoms with Crippen molar-refractivity contribution in [1.82, 2.24) is 0 Å². The second-order valence-corrected chi connectivity index (χ2v) is 4.24. The maximum Gasteiger partial charge on any atom is 0.139 e. The van der Waals surface area contributed by atoms with Gasteiger partial charge in [-0.15, -0.1) is 0 Å². The Morgan fingerprint density at radius 3 is 2.38 bits per heavy atom. The fourth-order valence-corrected chi connectivity index (χ4v) is 2.37. The molecule has 1 aromatic carbocycles. The minimum absolute atomic E-state index is 0.147. The molecule has 0 amide bonds. The van der Waals surface area contributed by atoms with Crippen molar-refractivity contribution in [3.05, 3.63) is 21.7 Å². The van der Waals surface area contributed by atoms with Gasteiger partial charge >= 0.3 is 0 Å². The molecule has 1 rings (SSSR count). The zero-order chi connectivity index (χ0) is 12.3. The second-order valence-electron chi connectivity index (χ2n) is 3.39. The van der Waals surface area contributed by atoms with Gasteiger partial charge in [0, 0.05) is 17.7 Å². The molecule has 4 nitrogen and oxygen atoms in total. The summed E-state index contributed by atoms with van der Waals surface area (Å²) >= 11 is 3.39. The standard InChI is InChI=1S/C11H16BrNO3/c1-6-10(15-2)7(9(14)5-13)4-8(12)11(6)16-3/h4,9,14H,5,13H2,1-3H3. The van der Waals surface area contributed by atoms with Gasteiger partial charge in [0.15, 0.2) is 0 Å². The van der Waals surface area contributed by atoms with Crippen LogP contribution in [0.2, 0.25) is 0 Å². The number of nitrogens with two attached hydrogens (primary N) is 1. The van der Waals surface area contributed by atoms with Gasteiger partial charge in [-0.3, -0.25) is 0 Å². The van der Waals surface area contributed by atoms with Gasteiger partial charge in [-0.05, 0) is 28.9 Å². The van der Waals surface area contributed by atoms with Gasteiger partial charge in [-0.1, -0.05) is 0 Å². The number of methoxy groups -OCH3 is 2. The molecular formula is C11H16BrNO3. The Balaban J connectivity index is 3.40. The third-order valence-corrected chi connectivity index (χ3v) is 3.02. The Morgan fingerprint density at radius 1 is 1.38 bits per heavy atom. The van der Waals surface area contributed by atoms with Crippen molar-refractivity contribution >= 4 is 15.9 Å². The van der Waals surface area contributed by atoms with E-state index >= 15 is 0 Å². The van der Waals surface area contributed by atoms with E-state index in [9.17, 15) is 5.11 Å². The van der Waals surface area contributed by atoms with Crippen LogP contribution in [0.1, 0.15) is 17.2 Å². The largest absolute Gasteiger partial charge is 0.496 e. The summed E-state index contributed by atoms with van der Waals surface area (Å²) in [5.74, 6) is 1.31. The molecule has 0 aliphatic rings. The lowest BCUT2D eigenvalue weighted by atomic mass is 10.0. The van der Waals surface area contributed by atoms with Crippen molar-refractivity contribution in [1.29, 1.82) is 0 Å². The van der Waals surface area contributed by atoms with Crippen molar-refractivity contribution in [3.8, 4) is 11.5 Å². The average Bonchev–Trinajstić information content (AvgIpc) is 2.28. The third-order valence-electron chi connectivity index (χ3n) is 2.43. The van der Waals surface area contributed by atoms with Crippen LogP contribution < -0.4 is 15.2 Å². The molecule has 0 saturated heterocycles. The topological polar surface area (TPSA) is 64.7 Å². The van der Waals surface area contributed by atoms with E-state index in [4.69, 9.17) is 15.2 Å². The molecule has 0 aliphatic carbocycles. The van der Waals surface area contributed by atoms with Gasteiger partial charge in [0.05, 0.1) is 24.8 Å². The summed E-state index contributed by atoms with van der Waals surface area (Å²) in [6, 6.07) is 1.77. The van der Waals surface area contributed by atoms with Crippen LogP contribution in [0, 0.1) is 6.92 Å². The van der Waals surface area contributed by atoms with Gasteiger partial charge < -0.3 is 20.3 Å². The van der Waals surface area contributed by atoms with Crippen LogP contribution in [-0.4, -0.2) is 25.9 Å². The number of halogens is 1. The summed E-state index contributed by atoms with van der Waals surface area (Å²) in [5.41, 5.74) is 6.94. The number of ether oxygens (including phenoxy) is 2. The smallest absolute Gasteiger partial charge is 0.139 e. The van der Waals surface area contributed by atoms with Crippen molar-refractivity contribution in [2.24, 2.45) is 5.73 Å². The van der Waals surface area contributed by atoms with Crippen molar-refractivity contribution < 1.29 is 14.6 Å². The fraction of sp³-hybridized carbons (Fsp3) is 0.455. The Morgan fingerprint density at radius 2 is 1.94 bits per heavy atom.